The van der Waals surface area contributed by atoms with Gasteiger partial charge in [0.05, 0.1) is 6.61 Å². The predicted octanol–water partition coefficient (Wildman–Crippen LogP) is 5.02. The van der Waals surface area contributed by atoms with Crippen LogP contribution >= 0.6 is 0 Å². The molecule has 0 unspecified atom stereocenters. The van der Waals surface area contributed by atoms with Gasteiger partial charge in [-0.15, -0.1) is 0 Å². The van der Waals surface area contributed by atoms with Crippen molar-refractivity contribution < 1.29 is 14.3 Å². The highest BCUT2D eigenvalue weighted by molar-refractivity contribution is 5.97. The number of anilines is 1. The zero-order valence-corrected chi connectivity index (χ0v) is 16.4. The van der Waals surface area contributed by atoms with E-state index in [1.165, 1.54) is 6.42 Å². The Morgan fingerprint density at radius 3 is 2.56 bits per heavy atom. The number of benzene rings is 1. The third-order valence-electron chi connectivity index (χ3n) is 5.22. The lowest BCUT2D eigenvalue weighted by Gasteiger charge is -2.37. The van der Waals surface area contributed by atoms with Crippen LogP contribution in [0.3, 0.4) is 0 Å². The molecule has 0 heterocycles. The first-order valence-corrected chi connectivity index (χ1v) is 9.52. The SMILES string of the molecule is CCCCOc1c(C)cc(NC(=O)[C@]2(OC)CCC[C@@H](C)C2)cc1C. The van der Waals surface area contributed by atoms with Crippen molar-refractivity contribution in [3.8, 4) is 5.75 Å². The maximum atomic E-state index is 12.9. The monoisotopic (exact) mass is 347 g/mol. The zero-order chi connectivity index (χ0) is 18.4. The molecule has 0 aliphatic heterocycles. The lowest BCUT2D eigenvalue weighted by atomic mass is 9.78. The van der Waals surface area contributed by atoms with E-state index in [-0.39, 0.29) is 5.91 Å². The molecule has 1 aromatic carbocycles. The molecule has 1 aliphatic rings. The predicted molar refractivity (Wildman–Crippen MR) is 102 cm³/mol. The van der Waals surface area contributed by atoms with E-state index in [0.717, 1.165) is 61.3 Å². The highest BCUT2D eigenvalue weighted by atomic mass is 16.5. The van der Waals surface area contributed by atoms with Crippen molar-refractivity contribution >= 4 is 11.6 Å². The molecule has 0 aromatic heterocycles. The molecule has 140 valence electrons. The van der Waals surface area contributed by atoms with Crippen LogP contribution in [0, 0.1) is 19.8 Å². The average molecular weight is 347 g/mol. The number of methoxy groups -OCH3 is 1. The molecule has 4 nitrogen and oxygen atoms in total. The molecule has 1 N–H and O–H groups in total. The summed E-state index contributed by atoms with van der Waals surface area (Å²) in [6.45, 7) is 9.13. The quantitative estimate of drug-likeness (QED) is 0.705. The van der Waals surface area contributed by atoms with Crippen LogP contribution in [0.1, 0.15) is 63.5 Å². The summed E-state index contributed by atoms with van der Waals surface area (Å²) in [6.07, 6.45) is 5.93. The number of aryl methyl sites for hydroxylation is 2. The molecule has 1 aromatic rings. The second-order valence-electron chi connectivity index (χ2n) is 7.50. The van der Waals surface area contributed by atoms with Gasteiger partial charge in [0.2, 0.25) is 0 Å². The van der Waals surface area contributed by atoms with Gasteiger partial charge in [-0.05, 0) is 68.7 Å². The summed E-state index contributed by atoms with van der Waals surface area (Å²) in [5.74, 6) is 1.41. The maximum Gasteiger partial charge on any atom is 0.256 e. The van der Waals surface area contributed by atoms with Crippen LogP contribution < -0.4 is 10.1 Å². The fourth-order valence-electron chi connectivity index (χ4n) is 3.80. The standard InChI is InChI=1S/C21H33NO3/c1-6-7-11-25-19-16(3)12-18(13-17(19)4)22-20(23)21(24-5)10-8-9-15(2)14-21/h12-13,15H,6-11,14H2,1-5H3,(H,22,23)/t15-,21+/m1/s1. The molecule has 4 heteroatoms. The van der Waals surface area contributed by atoms with Crippen LogP contribution in [0.15, 0.2) is 12.1 Å². The molecule has 25 heavy (non-hydrogen) atoms. The molecular formula is C21H33NO3. The Morgan fingerprint density at radius 2 is 2.00 bits per heavy atom. The van der Waals surface area contributed by atoms with Gasteiger partial charge in [-0.1, -0.05) is 26.7 Å². The fourth-order valence-corrected chi connectivity index (χ4v) is 3.80. The molecule has 2 rings (SSSR count). The van der Waals surface area contributed by atoms with Crippen LogP contribution in [-0.4, -0.2) is 25.2 Å². The highest BCUT2D eigenvalue weighted by Crippen LogP contribution is 2.36. The van der Waals surface area contributed by atoms with Crippen LogP contribution in [0.4, 0.5) is 5.69 Å². The van der Waals surface area contributed by atoms with Crippen molar-refractivity contribution in [3.05, 3.63) is 23.3 Å². The van der Waals surface area contributed by atoms with E-state index in [1.54, 1.807) is 7.11 Å². The number of carbonyl (C=O) groups excluding carboxylic acids is 1. The Hall–Kier alpha value is -1.55. The average Bonchev–Trinajstić information content (AvgIpc) is 2.57. The van der Waals surface area contributed by atoms with Crippen molar-refractivity contribution in [2.75, 3.05) is 19.0 Å². The van der Waals surface area contributed by atoms with Gasteiger partial charge in [-0.3, -0.25) is 4.79 Å². The van der Waals surface area contributed by atoms with Gasteiger partial charge in [0.1, 0.15) is 11.4 Å². The number of amides is 1. The number of hydrogen-bond acceptors (Lipinski definition) is 3. The summed E-state index contributed by atoms with van der Waals surface area (Å²) in [5.41, 5.74) is 2.22. The van der Waals surface area contributed by atoms with Crippen LogP contribution in [0.5, 0.6) is 5.75 Å². The summed E-state index contributed by atoms with van der Waals surface area (Å²) < 4.78 is 11.6. The number of hydrogen-bond donors (Lipinski definition) is 1. The molecule has 2 atom stereocenters. The van der Waals surface area contributed by atoms with Crippen molar-refractivity contribution in [1.82, 2.24) is 0 Å². The number of rotatable bonds is 7. The first kappa shape index (κ1) is 19.8. The Labute approximate surface area is 152 Å². The number of nitrogens with one attached hydrogen (secondary N) is 1. The van der Waals surface area contributed by atoms with Crippen LogP contribution in [-0.2, 0) is 9.53 Å². The van der Waals surface area contributed by atoms with Gasteiger partial charge < -0.3 is 14.8 Å². The summed E-state index contributed by atoms with van der Waals surface area (Å²) in [4.78, 5) is 12.9. The van der Waals surface area contributed by atoms with Crippen molar-refractivity contribution in [2.45, 2.75) is 71.8 Å². The summed E-state index contributed by atoms with van der Waals surface area (Å²) in [6, 6.07) is 3.98. The number of carbonyl (C=O) groups is 1. The minimum Gasteiger partial charge on any atom is -0.493 e. The molecule has 1 aliphatic carbocycles. The van der Waals surface area contributed by atoms with E-state index < -0.39 is 5.60 Å². The Bertz CT molecular complexity index is 576. The van der Waals surface area contributed by atoms with Gasteiger partial charge >= 0.3 is 0 Å². The van der Waals surface area contributed by atoms with E-state index >= 15 is 0 Å². The number of unbranched alkanes of at least 4 members (excludes halogenated alkanes) is 1. The molecule has 0 radical (unpaired) electrons. The lowest BCUT2D eigenvalue weighted by Crippen LogP contribution is -2.47. The first-order valence-electron chi connectivity index (χ1n) is 9.52. The third-order valence-corrected chi connectivity index (χ3v) is 5.22. The Kier molecular flexibility index (Phi) is 6.88. The minimum absolute atomic E-state index is 0.0278. The second-order valence-corrected chi connectivity index (χ2v) is 7.50. The Morgan fingerprint density at radius 1 is 1.32 bits per heavy atom. The van der Waals surface area contributed by atoms with Crippen LogP contribution in [0.2, 0.25) is 0 Å². The van der Waals surface area contributed by atoms with E-state index in [9.17, 15) is 4.79 Å². The second kappa shape index (κ2) is 8.70. The van der Waals surface area contributed by atoms with Crippen molar-refractivity contribution in [1.29, 1.82) is 0 Å². The molecule has 1 fully saturated rings. The Balaban J connectivity index is 2.12. The van der Waals surface area contributed by atoms with Gasteiger partial charge in [0, 0.05) is 12.8 Å². The first-order chi connectivity index (χ1) is 11.9. The molecule has 0 bridgehead atoms. The van der Waals surface area contributed by atoms with Gasteiger partial charge in [0.25, 0.3) is 5.91 Å². The third kappa shape index (κ3) is 4.75. The molecule has 0 spiro atoms. The van der Waals surface area contributed by atoms with Crippen molar-refractivity contribution in [3.63, 3.8) is 0 Å². The van der Waals surface area contributed by atoms with Gasteiger partial charge in [0.15, 0.2) is 0 Å². The zero-order valence-electron chi connectivity index (χ0n) is 16.4. The smallest absolute Gasteiger partial charge is 0.256 e. The van der Waals surface area contributed by atoms with Gasteiger partial charge in [-0.25, -0.2) is 0 Å². The number of ether oxygens (including phenoxy) is 2. The fraction of sp³-hybridized carbons (Fsp3) is 0.667. The maximum absolute atomic E-state index is 12.9. The van der Waals surface area contributed by atoms with Crippen molar-refractivity contribution in [2.24, 2.45) is 5.92 Å². The molecule has 1 saturated carbocycles. The highest BCUT2D eigenvalue weighted by Gasteiger charge is 2.42. The normalized spacial score (nSPS) is 23.3. The van der Waals surface area contributed by atoms with Crippen LogP contribution in [0.25, 0.3) is 0 Å². The molecule has 1 amide bonds. The topological polar surface area (TPSA) is 47.6 Å². The molecule has 0 saturated heterocycles. The van der Waals surface area contributed by atoms with E-state index in [4.69, 9.17) is 9.47 Å². The lowest BCUT2D eigenvalue weighted by molar-refractivity contribution is -0.143. The summed E-state index contributed by atoms with van der Waals surface area (Å²) >= 11 is 0. The minimum atomic E-state index is -0.699. The largest absolute Gasteiger partial charge is 0.493 e. The van der Waals surface area contributed by atoms with Gasteiger partial charge in [-0.2, -0.15) is 0 Å². The van der Waals surface area contributed by atoms with E-state index in [2.05, 4.69) is 19.2 Å². The summed E-state index contributed by atoms with van der Waals surface area (Å²) in [5, 5.41) is 3.08. The van der Waals surface area contributed by atoms with E-state index in [0.29, 0.717) is 5.92 Å². The van der Waals surface area contributed by atoms with E-state index in [1.807, 2.05) is 26.0 Å². The summed E-state index contributed by atoms with van der Waals surface area (Å²) in [7, 11) is 1.65. The molecular weight excluding hydrogens is 314 g/mol.